The third-order valence-corrected chi connectivity index (χ3v) is 3.08. The average molecular weight is 281 g/mol. The van der Waals surface area contributed by atoms with Crippen LogP contribution in [0.15, 0.2) is 18.2 Å². The molecule has 2 rings (SSSR count). The molecule has 0 saturated carbocycles. The van der Waals surface area contributed by atoms with Gasteiger partial charge in [-0.1, -0.05) is 6.07 Å². The number of amides is 1. The van der Waals surface area contributed by atoms with Crippen LogP contribution in [0.1, 0.15) is 10.4 Å². The molecule has 0 spiro atoms. The third kappa shape index (κ3) is 3.52. The molecule has 0 atom stereocenters. The highest BCUT2D eigenvalue weighted by atomic mass is 19.1. The summed E-state index contributed by atoms with van der Waals surface area (Å²) in [6.45, 7) is 3.29. The van der Waals surface area contributed by atoms with E-state index >= 15 is 0 Å². The molecule has 0 aromatic heterocycles. The molecule has 3 N–H and O–H groups in total. The number of halogens is 1. The average Bonchev–Trinajstić information content (AvgIpc) is 2.39. The number of carbonyl (C=O) groups is 2. The fourth-order valence-electron chi connectivity index (χ4n) is 2.11. The van der Waals surface area contributed by atoms with Crippen LogP contribution < -0.4 is 10.6 Å². The molecule has 7 heteroatoms. The fourth-order valence-corrected chi connectivity index (χ4v) is 2.11. The molecule has 1 aromatic rings. The van der Waals surface area contributed by atoms with Crippen LogP contribution >= 0.6 is 0 Å². The quantitative estimate of drug-likeness (QED) is 0.743. The van der Waals surface area contributed by atoms with Gasteiger partial charge in [-0.25, -0.2) is 9.18 Å². The zero-order valence-electron chi connectivity index (χ0n) is 10.9. The molecule has 6 nitrogen and oxygen atoms in total. The Morgan fingerprint density at radius 3 is 2.70 bits per heavy atom. The van der Waals surface area contributed by atoms with Crippen molar-refractivity contribution in [3.63, 3.8) is 0 Å². The zero-order chi connectivity index (χ0) is 14.5. The minimum atomic E-state index is -1.40. The van der Waals surface area contributed by atoms with E-state index in [0.29, 0.717) is 0 Å². The second-order valence-electron chi connectivity index (χ2n) is 4.54. The molecular weight excluding hydrogens is 265 g/mol. The maximum atomic E-state index is 13.5. The third-order valence-electron chi connectivity index (χ3n) is 3.08. The number of carbonyl (C=O) groups excluding carboxylic acids is 1. The lowest BCUT2D eigenvalue weighted by Crippen LogP contribution is -2.46. The standard InChI is InChI=1S/C13H16FN3O3/c14-9-2-1-3-10(12(9)13(19)20)16-11(18)8-17-6-4-15-5-7-17/h1-3,15H,4-8H2,(H,16,18)(H,19,20). The van der Waals surface area contributed by atoms with E-state index in [0.717, 1.165) is 32.2 Å². The minimum absolute atomic E-state index is 0.0161. The number of hydrogen-bond donors (Lipinski definition) is 3. The summed E-state index contributed by atoms with van der Waals surface area (Å²) in [6, 6.07) is 3.79. The van der Waals surface area contributed by atoms with Gasteiger partial charge in [0.25, 0.3) is 0 Å². The number of benzene rings is 1. The van der Waals surface area contributed by atoms with Crippen LogP contribution in [0, 0.1) is 5.82 Å². The first-order chi connectivity index (χ1) is 9.58. The normalized spacial score (nSPS) is 15.8. The Labute approximate surface area is 115 Å². The molecule has 1 aromatic carbocycles. The van der Waals surface area contributed by atoms with Crippen molar-refractivity contribution < 1.29 is 19.1 Å². The molecule has 0 bridgehead atoms. The van der Waals surface area contributed by atoms with Crippen LogP contribution in [0.25, 0.3) is 0 Å². The van der Waals surface area contributed by atoms with Crippen molar-refractivity contribution >= 4 is 17.6 Å². The van der Waals surface area contributed by atoms with E-state index in [9.17, 15) is 14.0 Å². The van der Waals surface area contributed by atoms with Crippen LogP contribution in [0.4, 0.5) is 10.1 Å². The van der Waals surface area contributed by atoms with Crippen LogP contribution in [0.2, 0.25) is 0 Å². The second-order valence-corrected chi connectivity index (χ2v) is 4.54. The largest absolute Gasteiger partial charge is 0.478 e. The molecule has 1 fully saturated rings. The van der Waals surface area contributed by atoms with Crippen molar-refractivity contribution in [2.45, 2.75) is 0 Å². The molecule has 0 unspecified atom stereocenters. The van der Waals surface area contributed by atoms with Gasteiger partial charge in [0, 0.05) is 26.2 Å². The molecule has 1 aliphatic rings. The van der Waals surface area contributed by atoms with E-state index in [1.54, 1.807) is 0 Å². The topological polar surface area (TPSA) is 81.7 Å². The number of rotatable bonds is 4. The summed E-state index contributed by atoms with van der Waals surface area (Å²) >= 11 is 0. The number of anilines is 1. The van der Waals surface area contributed by atoms with E-state index < -0.39 is 17.3 Å². The predicted molar refractivity (Wildman–Crippen MR) is 71.3 cm³/mol. The lowest BCUT2D eigenvalue weighted by Gasteiger charge is -2.26. The molecule has 0 aliphatic carbocycles. The Morgan fingerprint density at radius 2 is 2.05 bits per heavy atom. The number of nitrogens with zero attached hydrogens (tertiary/aromatic N) is 1. The van der Waals surface area contributed by atoms with Gasteiger partial charge in [0.1, 0.15) is 11.4 Å². The number of carboxylic acid groups (broad SMARTS) is 1. The van der Waals surface area contributed by atoms with Gasteiger partial charge < -0.3 is 15.7 Å². The maximum Gasteiger partial charge on any atom is 0.340 e. The highest BCUT2D eigenvalue weighted by molar-refractivity contribution is 6.01. The Hall–Kier alpha value is -1.99. The van der Waals surface area contributed by atoms with E-state index in [-0.39, 0.29) is 18.1 Å². The Morgan fingerprint density at radius 1 is 1.35 bits per heavy atom. The number of nitrogens with one attached hydrogen (secondary N) is 2. The first-order valence-corrected chi connectivity index (χ1v) is 6.32. The second kappa shape index (κ2) is 6.44. The Kier molecular flexibility index (Phi) is 4.65. The Bertz CT molecular complexity index is 516. The lowest BCUT2D eigenvalue weighted by molar-refractivity contribution is -0.117. The highest BCUT2D eigenvalue weighted by Crippen LogP contribution is 2.18. The van der Waals surface area contributed by atoms with Gasteiger partial charge in [-0.05, 0) is 12.1 Å². The van der Waals surface area contributed by atoms with Crippen LogP contribution in [0.5, 0.6) is 0 Å². The van der Waals surface area contributed by atoms with Gasteiger partial charge in [0.15, 0.2) is 0 Å². The summed E-state index contributed by atoms with van der Waals surface area (Å²) in [7, 11) is 0. The maximum absolute atomic E-state index is 13.5. The monoisotopic (exact) mass is 281 g/mol. The number of hydrogen-bond acceptors (Lipinski definition) is 4. The molecule has 1 aliphatic heterocycles. The molecule has 20 heavy (non-hydrogen) atoms. The van der Waals surface area contributed by atoms with Crippen LogP contribution in [-0.4, -0.2) is 54.6 Å². The molecule has 1 heterocycles. The van der Waals surface area contributed by atoms with Gasteiger partial charge in [-0.3, -0.25) is 9.69 Å². The molecular formula is C13H16FN3O3. The zero-order valence-corrected chi connectivity index (χ0v) is 10.9. The molecule has 1 amide bonds. The minimum Gasteiger partial charge on any atom is -0.478 e. The summed E-state index contributed by atoms with van der Waals surface area (Å²) in [6.07, 6.45) is 0. The molecule has 1 saturated heterocycles. The summed E-state index contributed by atoms with van der Waals surface area (Å²) in [5.41, 5.74) is -0.529. The smallest absolute Gasteiger partial charge is 0.340 e. The van der Waals surface area contributed by atoms with Crippen molar-refractivity contribution in [2.24, 2.45) is 0 Å². The predicted octanol–water partition coefficient (Wildman–Crippen LogP) is 0.368. The summed E-state index contributed by atoms with van der Waals surface area (Å²) in [5, 5.41) is 14.6. The van der Waals surface area contributed by atoms with Gasteiger partial charge in [-0.2, -0.15) is 0 Å². The van der Waals surface area contributed by atoms with Crippen molar-refractivity contribution in [3.8, 4) is 0 Å². The van der Waals surface area contributed by atoms with Crippen molar-refractivity contribution in [1.29, 1.82) is 0 Å². The summed E-state index contributed by atoms with van der Waals surface area (Å²) in [4.78, 5) is 24.8. The van der Waals surface area contributed by atoms with Crippen molar-refractivity contribution in [1.82, 2.24) is 10.2 Å². The SMILES string of the molecule is O=C(CN1CCNCC1)Nc1cccc(F)c1C(=O)O. The number of carboxylic acids is 1. The van der Waals surface area contributed by atoms with Gasteiger partial charge in [-0.15, -0.1) is 0 Å². The summed E-state index contributed by atoms with van der Waals surface area (Å²) < 4.78 is 13.5. The van der Waals surface area contributed by atoms with Gasteiger partial charge in [0.2, 0.25) is 5.91 Å². The van der Waals surface area contributed by atoms with E-state index in [1.807, 2.05) is 4.90 Å². The van der Waals surface area contributed by atoms with Gasteiger partial charge >= 0.3 is 5.97 Å². The van der Waals surface area contributed by atoms with E-state index in [2.05, 4.69) is 10.6 Å². The molecule has 0 radical (unpaired) electrons. The summed E-state index contributed by atoms with van der Waals surface area (Å²) in [5.74, 6) is -2.61. The highest BCUT2D eigenvalue weighted by Gasteiger charge is 2.19. The van der Waals surface area contributed by atoms with Gasteiger partial charge in [0.05, 0.1) is 12.2 Å². The van der Waals surface area contributed by atoms with Crippen molar-refractivity contribution in [3.05, 3.63) is 29.6 Å². The van der Waals surface area contributed by atoms with E-state index in [4.69, 9.17) is 5.11 Å². The van der Waals surface area contributed by atoms with Crippen LogP contribution in [0.3, 0.4) is 0 Å². The lowest BCUT2D eigenvalue weighted by atomic mass is 10.1. The van der Waals surface area contributed by atoms with Crippen molar-refractivity contribution in [2.75, 3.05) is 38.0 Å². The first kappa shape index (κ1) is 14.4. The molecule has 108 valence electrons. The first-order valence-electron chi connectivity index (χ1n) is 6.32. The van der Waals surface area contributed by atoms with E-state index in [1.165, 1.54) is 12.1 Å². The Balaban J connectivity index is 2.04. The fraction of sp³-hybridized carbons (Fsp3) is 0.385. The number of piperazine rings is 1. The van der Waals surface area contributed by atoms with Crippen LogP contribution in [-0.2, 0) is 4.79 Å². The number of aromatic carboxylic acids is 1.